The number of guanidine groups is 1. The first-order chi connectivity index (χ1) is 15.0. The number of amides is 1. The lowest BCUT2D eigenvalue weighted by atomic mass is 10.1. The monoisotopic (exact) mass is 553 g/mol. The number of hydrogen-bond donors (Lipinski definition) is 2. The number of hydrogen-bond acceptors (Lipinski definition) is 4. The minimum atomic E-state index is 0. The Bertz CT molecular complexity index is 873. The number of benzene rings is 1. The lowest BCUT2D eigenvalue weighted by Gasteiger charge is -2.26. The van der Waals surface area contributed by atoms with Gasteiger partial charge in [-0.25, -0.2) is 4.99 Å². The number of nitrogens with one attached hydrogen (secondary N) is 2. The van der Waals surface area contributed by atoms with E-state index in [1.807, 2.05) is 37.3 Å². The van der Waals surface area contributed by atoms with Crippen molar-refractivity contribution in [1.82, 2.24) is 20.4 Å². The van der Waals surface area contributed by atoms with E-state index in [0.29, 0.717) is 12.1 Å². The average molecular weight is 553 g/mol. The molecule has 2 aromatic rings. The summed E-state index contributed by atoms with van der Waals surface area (Å²) >= 11 is 0. The van der Waals surface area contributed by atoms with Gasteiger partial charge in [0.1, 0.15) is 11.5 Å². The van der Waals surface area contributed by atoms with Gasteiger partial charge in [0.05, 0.1) is 12.6 Å². The first kappa shape index (κ1) is 26.2. The maximum Gasteiger partial charge on any atom is 0.253 e. The molecule has 2 heterocycles. The molecule has 0 spiro atoms. The number of likely N-dealkylation sites (tertiary alicyclic amines) is 1. The van der Waals surface area contributed by atoms with Crippen molar-refractivity contribution in [3.63, 3.8) is 0 Å². The van der Waals surface area contributed by atoms with E-state index in [2.05, 4.69) is 28.5 Å². The minimum absolute atomic E-state index is 0. The molecule has 1 aromatic heterocycles. The molecule has 0 saturated carbocycles. The summed E-state index contributed by atoms with van der Waals surface area (Å²) in [4.78, 5) is 20.9. The van der Waals surface area contributed by atoms with Crippen molar-refractivity contribution in [2.24, 2.45) is 4.99 Å². The zero-order valence-corrected chi connectivity index (χ0v) is 21.9. The minimum Gasteiger partial charge on any atom is -0.465 e. The molecule has 1 amide bonds. The number of nitrogens with zero attached hydrogens (tertiary/aromatic N) is 3. The predicted octanol–water partition coefficient (Wildman–Crippen LogP) is 3.80. The van der Waals surface area contributed by atoms with Gasteiger partial charge in [-0.05, 0) is 69.6 Å². The van der Waals surface area contributed by atoms with Crippen molar-refractivity contribution in [2.45, 2.75) is 39.3 Å². The van der Waals surface area contributed by atoms with Crippen LogP contribution in [0.5, 0.6) is 0 Å². The molecule has 1 saturated heterocycles. The molecule has 0 bridgehead atoms. The Balaban J connectivity index is 0.00000363. The van der Waals surface area contributed by atoms with Gasteiger partial charge in [-0.3, -0.25) is 9.69 Å². The molecule has 0 aliphatic carbocycles. The van der Waals surface area contributed by atoms with Crippen LogP contribution in [0.1, 0.15) is 53.2 Å². The summed E-state index contributed by atoms with van der Waals surface area (Å²) in [7, 11) is 3.52. The predicted molar refractivity (Wildman–Crippen MR) is 140 cm³/mol. The summed E-state index contributed by atoms with van der Waals surface area (Å²) in [5.41, 5.74) is 1.75. The fourth-order valence-electron chi connectivity index (χ4n) is 3.81. The van der Waals surface area contributed by atoms with Crippen LogP contribution in [-0.4, -0.2) is 61.9 Å². The van der Waals surface area contributed by atoms with E-state index in [9.17, 15) is 4.79 Å². The third kappa shape index (κ3) is 7.23. The molecule has 1 aliphatic rings. The first-order valence-electron chi connectivity index (χ1n) is 11.1. The highest BCUT2D eigenvalue weighted by Crippen LogP contribution is 2.26. The molecule has 176 valence electrons. The quantitative estimate of drug-likeness (QED) is 0.296. The van der Waals surface area contributed by atoms with Gasteiger partial charge >= 0.3 is 0 Å². The van der Waals surface area contributed by atoms with E-state index in [-0.39, 0.29) is 35.9 Å². The van der Waals surface area contributed by atoms with Crippen molar-refractivity contribution in [1.29, 1.82) is 0 Å². The van der Waals surface area contributed by atoms with Gasteiger partial charge in [0.15, 0.2) is 5.96 Å². The fraction of sp³-hybridized carbons (Fsp3) is 0.500. The van der Waals surface area contributed by atoms with Crippen LogP contribution in [0.3, 0.4) is 0 Å². The van der Waals surface area contributed by atoms with Crippen LogP contribution in [0, 0.1) is 6.92 Å². The van der Waals surface area contributed by atoms with E-state index in [1.54, 1.807) is 19.0 Å². The van der Waals surface area contributed by atoms with Crippen LogP contribution < -0.4 is 10.6 Å². The van der Waals surface area contributed by atoms with Gasteiger partial charge in [-0.15, -0.1) is 24.0 Å². The van der Waals surface area contributed by atoms with Crippen LogP contribution in [0.25, 0.3) is 0 Å². The van der Waals surface area contributed by atoms with Crippen molar-refractivity contribution < 1.29 is 9.21 Å². The second-order valence-electron chi connectivity index (χ2n) is 8.18. The van der Waals surface area contributed by atoms with Crippen molar-refractivity contribution in [3.8, 4) is 0 Å². The van der Waals surface area contributed by atoms with Gasteiger partial charge in [-0.1, -0.05) is 12.1 Å². The number of furan rings is 1. The van der Waals surface area contributed by atoms with Crippen LogP contribution in [-0.2, 0) is 6.54 Å². The number of aliphatic imine (C=N–C) groups is 1. The van der Waals surface area contributed by atoms with E-state index in [4.69, 9.17) is 9.41 Å². The van der Waals surface area contributed by atoms with E-state index < -0.39 is 0 Å². The molecule has 1 fully saturated rings. The smallest absolute Gasteiger partial charge is 0.253 e. The molecule has 8 heteroatoms. The number of halogens is 1. The fourth-order valence-corrected chi connectivity index (χ4v) is 3.81. The zero-order chi connectivity index (χ0) is 22.2. The Morgan fingerprint density at radius 3 is 2.38 bits per heavy atom. The van der Waals surface area contributed by atoms with Gasteiger partial charge in [0, 0.05) is 32.7 Å². The maximum atomic E-state index is 12.1. The summed E-state index contributed by atoms with van der Waals surface area (Å²) in [6.07, 6.45) is 2.47. The highest BCUT2D eigenvalue weighted by atomic mass is 127. The maximum absolute atomic E-state index is 12.1. The normalized spacial score (nSPS) is 15.2. The highest BCUT2D eigenvalue weighted by Gasteiger charge is 2.26. The molecule has 1 unspecified atom stereocenters. The lowest BCUT2D eigenvalue weighted by molar-refractivity contribution is 0.0827. The topological polar surface area (TPSA) is 73.1 Å². The van der Waals surface area contributed by atoms with Crippen LogP contribution in [0.4, 0.5) is 0 Å². The van der Waals surface area contributed by atoms with Crippen molar-refractivity contribution in [3.05, 3.63) is 59.0 Å². The van der Waals surface area contributed by atoms with Crippen LogP contribution in [0.2, 0.25) is 0 Å². The van der Waals surface area contributed by atoms with Crippen molar-refractivity contribution in [2.75, 3.05) is 40.3 Å². The Morgan fingerprint density at radius 1 is 1.12 bits per heavy atom. The Kier molecular flexibility index (Phi) is 10.5. The molecule has 0 radical (unpaired) electrons. The zero-order valence-electron chi connectivity index (χ0n) is 19.6. The molecule has 7 nitrogen and oxygen atoms in total. The second-order valence-corrected chi connectivity index (χ2v) is 8.18. The Morgan fingerprint density at radius 2 is 1.81 bits per heavy atom. The first-order valence-corrected chi connectivity index (χ1v) is 11.1. The standard InChI is InChI=1S/C24H35N5O2.HI/c1-5-25-24(26-16-19-9-11-20(12-10-19)23(30)28(3)4)27-17-21(29-14-6-7-15-29)22-13-8-18(2)31-22;/h8-13,21H,5-7,14-17H2,1-4H3,(H2,25,26,27);1H. The lowest BCUT2D eigenvalue weighted by Crippen LogP contribution is -2.42. The summed E-state index contributed by atoms with van der Waals surface area (Å²) in [5, 5.41) is 6.83. The van der Waals surface area contributed by atoms with Crippen LogP contribution >= 0.6 is 24.0 Å². The molecule has 1 atom stereocenters. The molecule has 32 heavy (non-hydrogen) atoms. The van der Waals surface area contributed by atoms with Gasteiger partial charge in [0.25, 0.3) is 5.91 Å². The number of rotatable bonds is 8. The SMILES string of the molecule is CCNC(=NCc1ccc(C(=O)N(C)C)cc1)NCC(c1ccc(C)o1)N1CCCC1.I. The molecular weight excluding hydrogens is 517 g/mol. The molecule has 3 rings (SSSR count). The molecule has 1 aliphatic heterocycles. The number of aryl methyl sites for hydroxylation is 1. The third-order valence-electron chi connectivity index (χ3n) is 5.50. The molecule has 1 aromatic carbocycles. The van der Waals surface area contributed by atoms with Gasteiger partial charge in [0.2, 0.25) is 0 Å². The third-order valence-corrected chi connectivity index (χ3v) is 5.50. The van der Waals surface area contributed by atoms with Gasteiger partial charge < -0.3 is 20.0 Å². The number of carbonyl (C=O) groups excluding carboxylic acids is 1. The molecular formula is C24H36IN5O2. The van der Waals surface area contributed by atoms with Crippen molar-refractivity contribution >= 4 is 35.8 Å². The van der Waals surface area contributed by atoms with E-state index >= 15 is 0 Å². The van der Waals surface area contributed by atoms with Crippen LogP contribution in [0.15, 0.2) is 45.8 Å². The largest absolute Gasteiger partial charge is 0.465 e. The van der Waals surface area contributed by atoms with E-state index in [1.165, 1.54) is 12.8 Å². The second kappa shape index (κ2) is 12.8. The summed E-state index contributed by atoms with van der Waals surface area (Å²) < 4.78 is 5.95. The highest BCUT2D eigenvalue weighted by molar-refractivity contribution is 14.0. The summed E-state index contributed by atoms with van der Waals surface area (Å²) in [5.74, 6) is 2.73. The summed E-state index contributed by atoms with van der Waals surface area (Å²) in [6.45, 7) is 8.30. The summed E-state index contributed by atoms with van der Waals surface area (Å²) in [6, 6.07) is 11.9. The van der Waals surface area contributed by atoms with Gasteiger partial charge in [-0.2, -0.15) is 0 Å². The van der Waals surface area contributed by atoms with E-state index in [0.717, 1.165) is 49.2 Å². The Labute approximate surface area is 208 Å². The molecule has 2 N–H and O–H groups in total. The Hall–Kier alpha value is -2.07. The average Bonchev–Trinajstić information content (AvgIpc) is 3.44. The number of carbonyl (C=O) groups is 1.